The van der Waals surface area contributed by atoms with E-state index in [0.717, 1.165) is 25.7 Å². The molecule has 0 radical (unpaired) electrons. The first-order chi connectivity index (χ1) is 6.75. The summed E-state index contributed by atoms with van der Waals surface area (Å²) in [7, 11) is 0. The normalized spacial score (nSPS) is 22.7. The highest BCUT2D eigenvalue weighted by Gasteiger charge is 2.22. The first kappa shape index (κ1) is 11.2. The van der Waals surface area contributed by atoms with Crippen molar-refractivity contribution in [1.29, 1.82) is 0 Å². The fraction of sp³-hybridized carbons (Fsp3) is 0.583. The molecule has 0 saturated carbocycles. The first-order valence-corrected chi connectivity index (χ1v) is 5.32. The topological polar surface area (TPSA) is 37.3 Å². The van der Waals surface area contributed by atoms with E-state index in [4.69, 9.17) is 0 Å². The van der Waals surface area contributed by atoms with Gasteiger partial charge in [-0.25, -0.2) is 0 Å². The molecular weight excluding hydrogens is 176 g/mol. The number of hydrogen-bond donors (Lipinski definition) is 1. The van der Waals surface area contributed by atoms with Crippen molar-refractivity contribution in [2.45, 2.75) is 38.7 Å². The minimum absolute atomic E-state index is 0.0245. The number of hydrogen-bond acceptors (Lipinski definition) is 2. The molecule has 0 aromatic rings. The molecule has 2 nitrogen and oxygen atoms in total. The SMILES string of the molecule is CCCCCC(O)C1C=CC=CC1=O. The Morgan fingerprint density at radius 3 is 2.86 bits per heavy atom. The molecule has 0 aromatic heterocycles. The molecule has 14 heavy (non-hydrogen) atoms. The second-order valence-corrected chi connectivity index (χ2v) is 3.74. The van der Waals surface area contributed by atoms with Crippen LogP contribution in [0.25, 0.3) is 0 Å². The van der Waals surface area contributed by atoms with Gasteiger partial charge in [0.05, 0.1) is 12.0 Å². The Morgan fingerprint density at radius 1 is 1.43 bits per heavy atom. The van der Waals surface area contributed by atoms with E-state index in [1.54, 1.807) is 12.2 Å². The highest BCUT2D eigenvalue weighted by Crippen LogP contribution is 2.17. The van der Waals surface area contributed by atoms with Crippen LogP contribution in [0.4, 0.5) is 0 Å². The number of aliphatic hydroxyl groups excluding tert-OH is 1. The van der Waals surface area contributed by atoms with Gasteiger partial charge in [-0.3, -0.25) is 4.79 Å². The van der Waals surface area contributed by atoms with E-state index in [2.05, 4.69) is 6.92 Å². The summed E-state index contributed by atoms with van der Waals surface area (Å²) in [6, 6.07) is 0. The third kappa shape index (κ3) is 3.11. The molecule has 0 spiro atoms. The van der Waals surface area contributed by atoms with Gasteiger partial charge in [0, 0.05) is 0 Å². The predicted molar refractivity (Wildman–Crippen MR) is 56.9 cm³/mol. The Morgan fingerprint density at radius 2 is 2.21 bits per heavy atom. The van der Waals surface area contributed by atoms with E-state index in [9.17, 15) is 9.90 Å². The molecule has 0 fully saturated rings. The van der Waals surface area contributed by atoms with Gasteiger partial charge in [0.2, 0.25) is 0 Å². The molecule has 78 valence electrons. The average Bonchev–Trinajstić information content (AvgIpc) is 2.18. The minimum atomic E-state index is -0.504. The number of allylic oxidation sites excluding steroid dienone is 3. The maximum absolute atomic E-state index is 11.4. The Bertz CT molecular complexity index is 241. The molecule has 1 rings (SSSR count). The zero-order valence-electron chi connectivity index (χ0n) is 8.65. The van der Waals surface area contributed by atoms with Crippen molar-refractivity contribution in [3.8, 4) is 0 Å². The Labute approximate surface area is 85.3 Å². The summed E-state index contributed by atoms with van der Waals surface area (Å²) in [5.41, 5.74) is 0. The lowest BCUT2D eigenvalue weighted by Crippen LogP contribution is -2.26. The van der Waals surface area contributed by atoms with Gasteiger partial charge in [0.25, 0.3) is 0 Å². The molecule has 0 amide bonds. The summed E-state index contributed by atoms with van der Waals surface area (Å²) < 4.78 is 0. The van der Waals surface area contributed by atoms with Crippen LogP contribution in [-0.4, -0.2) is 17.0 Å². The monoisotopic (exact) mass is 194 g/mol. The van der Waals surface area contributed by atoms with Crippen molar-refractivity contribution < 1.29 is 9.90 Å². The summed E-state index contributed by atoms with van der Waals surface area (Å²) in [4.78, 5) is 11.4. The van der Waals surface area contributed by atoms with Crippen molar-refractivity contribution >= 4 is 5.78 Å². The van der Waals surface area contributed by atoms with Gasteiger partial charge in [-0.1, -0.05) is 44.4 Å². The van der Waals surface area contributed by atoms with Crippen LogP contribution in [0.15, 0.2) is 24.3 Å². The van der Waals surface area contributed by atoms with Crippen LogP contribution in [0.2, 0.25) is 0 Å². The van der Waals surface area contributed by atoms with Crippen LogP contribution in [0, 0.1) is 5.92 Å². The Kier molecular flexibility index (Phi) is 4.60. The van der Waals surface area contributed by atoms with Crippen molar-refractivity contribution in [2.24, 2.45) is 5.92 Å². The van der Waals surface area contributed by atoms with Gasteiger partial charge < -0.3 is 5.11 Å². The maximum Gasteiger partial charge on any atom is 0.165 e. The number of rotatable bonds is 5. The van der Waals surface area contributed by atoms with Crippen LogP contribution >= 0.6 is 0 Å². The zero-order valence-corrected chi connectivity index (χ0v) is 8.65. The fourth-order valence-corrected chi connectivity index (χ4v) is 1.64. The quantitative estimate of drug-likeness (QED) is 0.681. The molecule has 2 atom stereocenters. The smallest absolute Gasteiger partial charge is 0.165 e. The second-order valence-electron chi connectivity index (χ2n) is 3.74. The molecule has 0 aromatic carbocycles. The minimum Gasteiger partial charge on any atom is -0.392 e. The fourth-order valence-electron chi connectivity index (χ4n) is 1.64. The summed E-state index contributed by atoms with van der Waals surface area (Å²) in [5, 5.41) is 9.77. The van der Waals surface area contributed by atoms with E-state index in [1.165, 1.54) is 6.08 Å². The highest BCUT2D eigenvalue weighted by molar-refractivity contribution is 5.94. The second kappa shape index (κ2) is 5.76. The van der Waals surface area contributed by atoms with Gasteiger partial charge in [-0.15, -0.1) is 0 Å². The van der Waals surface area contributed by atoms with E-state index >= 15 is 0 Å². The van der Waals surface area contributed by atoms with Gasteiger partial charge >= 0.3 is 0 Å². The Balaban J connectivity index is 2.36. The number of aliphatic hydroxyl groups is 1. The summed E-state index contributed by atoms with van der Waals surface area (Å²) >= 11 is 0. The third-order valence-electron chi connectivity index (χ3n) is 2.54. The van der Waals surface area contributed by atoms with Crippen LogP contribution in [0.1, 0.15) is 32.6 Å². The van der Waals surface area contributed by atoms with E-state index in [1.807, 2.05) is 6.08 Å². The van der Waals surface area contributed by atoms with E-state index < -0.39 is 6.10 Å². The summed E-state index contributed by atoms with van der Waals surface area (Å²) in [5.74, 6) is -0.284. The molecule has 2 unspecified atom stereocenters. The Hall–Kier alpha value is -0.890. The van der Waals surface area contributed by atoms with Crippen LogP contribution in [-0.2, 0) is 4.79 Å². The van der Waals surface area contributed by atoms with Crippen LogP contribution in [0.3, 0.4) is 0 Å². The predicted octanol–water partition coefficient (Wildman–Crippen LogP) is 2.24. The standard InChI is InChI=1S/C12H18O2/c1-2-3-4-8-11(13)10-7-5-6-9-12(10)14/h5-7,9-11,13H,2-4,8H2,1H3. The van der Waals surface area contributed by atoms with Crippen molar-refractivity contribution in [2.75, 3.05) is 0 Å². The van der Waals surface area contributed by atoms with Crippen LogP contribution < -0.4 is 0 Å². The summed E-state index contributed by atoms with van der Waals surface area (Å²) in [6.45, 7) is 2.13. The highest BCUT2D eigenvalue weighted by atomic mass is 16.3. The molecule has 1 aliphatic rings. The molecular formula is C12H18O2. The average molecular weight is 194 g/mol. The molecule has 0 bridgehead atoms. The van der Waals surface area contributed by atoms with Gasteiger partial charge in [-0.05, 0) is 12.5 Å². The van der Waals surface area contributed by atoms with E-state index in [0.29, 0.717) is 0 Å². The number of carbonyl (C=O) groups is 1. The molecule has 0 aliphatic heterocycles. The van der Waals surface area contributed by atoms with Gasteiger partial charge in [-0.2, -0.15) is 0 Å². The van der Waals surface area contributed by atoms with Crippen LogP contribution in [0.5, 0.6) is 0 Å². The molecule has 1 N–H and O–H groups in total. The first-order valence-electron chi connectivity index (χ1n) is 5.32. The van der Waals surface area contributed by atoms with Gasteiger partial charge in [0.15, 0.2) is 5.78 Å². The number of ketones is 1. The molecule has 0 saturated heterocycles. The third-order valence-corrected chi connectivity index (χ3v) is 2.54. The van der Waals surface area contributed by atoms with Crippen molar-refractivity contribution in [3.63, 3.8) is 0 Å². The van der Waals surface area contributed by atoms with E-state index in [-0.39, 0.29) is 11.7 Å². The largest absolute Gasteiger partial charge is 0.392 e. The van der Waals surface area contributed by atoms with Crippen molar-refractivity contribution in [3.05, 3.63) is 24.3 Å². The summed E-state index contributed by atoms with van der Waals surface area (Å²) in [6.07, 6.45) is 10.4. The zero-order chi connectivity index (χ0) is 10.4. The van der Waals surface area contributed by atoms with Crippen molar-refractivity contribution in [1.82, 2.24) is 0 Å². The van der Waals surface area contributed by atoms with Gasteiger partial charge in [0.1, 0.15) is 0 Å². The number of unbranched alkanes of at least 4 members (excludes halogenated alkanes) is 2. The number of carbonyl (C=O) groups excluding carboxylic acids is 1. The lowest BCUT2D eigenvalue weighted by atomic mass is 9.90. The molecule has 0 heterocycles. The molecule has 2 heteroatoms. The lowest BCUT2D eigenvalue weighted by Gasteiger charge is -2.18. The maximum atomic E-state index is 11.4. The lowest BCUT2D eigenvalue weighted by molar-refractivity contribution is -0.119. The molecule has 1 aliphatic carbocycles.